The first-order valence-electron chi connectivity index (χ1n) is 7.72. The number of rotatable bonds is 6. The third kappa shape index (κ3) is 6.78. The summed E-state index contributed by atoms with van der Waals surface area (Å²) in [5, 5.41) is 15.7. The summed E-state index contributed by atoms with van der Waals surface area (Å²) < 4.78 is 10.3. The Bertz CT molecular complexity index is 526. The van der Waals surface area contributed by atoms with Crippen molar-refractivity contribution in [1.82, 2.24) is 10.6 Å². The predicted octanol–water partition coefficient (Wildman–Crippen LogP) is 2.96. The van der Waals surface area contributed by atoms with Crippen molar-refractivity contribution in [2.75, 3.05) is 13.7 Å². The minimum atomic E-state index is -0.503. The summed E-state index contributed by atoms with van der Waals surface area (Å²) >= 11 is 0. The second kappa shape index (κ2) is 8.06. The number of methoxy groups -OCH3 is 1. The fourth-order valence-electron chi connectivity index (χ4n) is 2.10. The Morgan fingerprint density at radius 2 is 1.96 bits per heavy atom. The number of phenols is 1. The monoisotopic (exact) mass is 324 g/mol. The summed E-state index contributed by atoms with van der Waals surface area (Å²) in [6.45, 7) is 9.92. The Balaban J connectivity index is 2.50. The molecule has 0 aromatic heterocycles. The maximum absolute atomic E-state index is 11.6. The van der Waals surface area contributed by atoms with E-state index in [2.05, 4.69) is 10.6 Å². The number of amides is 1. The smallest absolute Gasteiger partial charge is 0.407 e. The molecule has 0 spiro atoms. The Morgan fingerprint density at radius 1 is 1.30 bits per heavy atom. The van der Waals surface area contributed by atoms with Crippen molar-refractivity contribution in [2.24, 2.45) is 0 Å². The lowest BCUT2D eigenvalue weighted by atomic mass is 10.1. The van der Waals surface area contributed by atoms with Gasteiger partial charge in [-0.05, 0) is 52.3 Å². The summed E-state index contributed by atoms with van der Waals surface area (Å²) in [4.78, 5) is 11.6. The van der Waals surface area contributed by atoms with Crippen LogP contribution >= 0.6 is 0 Å². The summed E-state index contributed by atoms with van der Waals surface area (Å²) in [6, 6.07) is 5.33. The molecule has 0 saturated heterocycles. The van der Waals surface area contributed by atoms with Gasteiger partial charge in [-0.1, -0.05) is 6.07 Å². The highest BCUT2D eigenvalue weighted by Crippen LogP contribution is 2.28. The third-order valence-electron chi connectivity index (χ3n) is 3.19. The fraction of sp³-hybridized carbons (Fsp3) is 0.588. The predicted molar refractivity (Wildman–Crippen MR) is 89.9 cm³/mol. The Hall–Kier alpha value is -1.95. The lowest BCUT2D eigenvalue weighted by Gasteiger charge is -2.23. The van der Waals surface area contributed by atoms with E-state index in [1.54, 1.807) is 12.1 Å². The topological polar surface area (TPSA) is 79.8 Å². The highest BCUT2D eigenvalue weighted by Gasteiger charge is 2.17. The lowest BCUT2D eigenvalue weighted by Crippen LogP contribution is -2.41. The molecule has 0 aliphatic carbocycles. The quantitative estimate of drug-likeness (QED) is 0.749. The van der Waals surface area contributed by atoms with Crippen LogP contribution in [0.3, 0.4) is 0 Å². The van der Waals surface area contributed by atoms with Crippen LogP contribution in [-0.4, -0.2) is 36.5 Å². The molecule has 2 unspecified atom stereocenters. The van der Waals surface area contributed by atoms with E-state index in [4.69, 9.17) is 9.47 Å². The molecule has 0 radical (unpaired) electrons. The van der Waals surface area contributed by atoms with Gasteiger partial charge in [0.2, 0.25) is 0 Å². The van der Waals surface area contributed by atoms with Crippen molar-refractivity contribution in [2.45, 2.75) is 52.3 Å². The molecule has 0 aliphatic heterocycles. The van der Waals surface area contributed by atoms with Crippen LogP contribution in [0.1, 0.15) is 46.2 Å². The van der Waals surface area contributed by atoms with Crippen LogP contribution in [0.25, 0.3) is 0 Å². The first-order chi connectivity index (χ1) is 10.6. The van der Waals surface area contributed by atoms with Crippen LogP contribution in [0.4, 0.5) is 4.79 Å². The molecule has 0 aliphatic rings. The standard InChI is InChI=1S/C17H28N2O4/c1-11(10-18-16(21)23-17(3,4)5)19-12(2)13-7-8-14(20)15(9-13)22-6/h7-9,11-12,19-20H,10H2,1-6H3,(H,18,21). The highest BCUT2D eigenvalue weighted by molar-refractivity contribution is 5.67. The van der Waals surface area contributed by atoms with Crippen LogP contribution < -0.4 is 15.4 Å². The minimum Gasteiger partial charge on any atom is -0.504 e. The van der Waals surface area contributed by atoms with Gasteiger partial charge in [-0.25, -0.2) is 4.79 Å². The molecule has 0 saturated carbocycles. The maximum Gasteiger partial charge on any atom is 0.407 e. The molecular formula is C17H28N2O4. The Morgan fingerprint density at radius 3 is 2.52 bits per heavy atom. The number of carbonyl (C=O) groups excluding carboxylic acids is 1. The molecule has 0 bridgehead atoms. The Labute approximate surface area is 138 Å². The van der Waals surface area contributed by atoms with Gasteiger partial charge in [0, 0.05) is 18.6 Å². The molecule has 0 fully saturated rings. The maximum atomic E-state index is 11.6. The SMILES string of the molecule is COc1cc(C(C)NC(C)CNC(=O)OC(C)(C)C)ccc1O. The first kappa shape index (κ1) is 19.1. The van der Waals surface area contributed by atoms with Gasteiger partial charge in [-0.3, -0.25) is 0 Å². The van der Waals surface area contributed by atoms with Gasteiger partial charge in [0.15, 0.2) is 11.5 Å². The van der Waals surface area contributed by atoms with E-state index in [1.807, 2.05) is 40.7 Å². The van der Waals surface area contributed by atoms with Crippen molar-refractivity contribution >= 4 is 6.09 Å². The number of ether oxygens (including phenoxy) is 2. The van der Waals surface area contributed by atoms with E-state index in [0.717, 1.165) is 5.56 Å². The normalized spacial score (nSPS) is 14.0. The van der Waals surface area contributed by atoms with Gasteiger partial charge in [0.05, 0.1) is 7.11 Å². The third-order valence-corrected chi connectivity index (χ3v) is 3.19. The Kier molecular flexibility index (Phi) is 6.69. The van der Waals surface area contributed by atoms with Crippen molar-refractivity contribution in [1.29, 1.82) is 0 Å². The molecule has 1 rings (SSSR count). The van der Waals surface area contributed by atoms with Gasteiger partial charge < -0.3 is 25.2 Å². The second-order valence-electron chi connectivity index (χ2n) is 6.60. The van der Waals surface area contributed by atoms with E-state index in [-0.39, 0.29) is 17.8 Å². The average Bonchev–Trinajstić information content (AvgIpc) is 2.43. The summed E-state index contributed by atoms with van der Waals surface area (Å²) in [6.07, 6.45) is -0.426. The summed E-state index contributed by atoms with van der Waals surface area (Å²) in [7, 11) is 1.52. The molecule has 1 aromatic carbocycles. The molecule has 0 heterocycles. The number of hydrogen-bond donors (Lipinski definition) is 3. The van der Waals surface area contributed by atoms with E-state index in [1.165, 1.54) is 7.11 Å². The molecule has 1 aromatic rings. The van der Waals surface area contributed by atoms with Crippen LogP contribution in [0, 0.1) is 0 Å². The summed E-state index contributed by atoms with van der Waals surface area (Å²) in [5.41, 5.74) is 0.486. The van der Waals surface area contributed by atoms with E-state index < -0.39 is 11.7 Å². The second-order valence-corrected chi connectivity index (χ2v) is 6.60. The fourth-order valence-corrected chi connectivity index (χ4v) is 2.10. The van der Waals surface area contributed by atoms with Gasteiger partial charge >= 0.3 is 6.09 Å². The van der Waals surface area contributed by atoms with Crippen LogP contribution in [0.2, 0.25) is 0 Å². The van der Waals surface area contributed by atoms with Crippen molar-refractivity contribution in [3.05, 3.63) is 23.8 Å². The first-order valence-corrected chi connectivity index (χ1v) is 7.72. The number of phenolic OH excluding ortho intramolecular Hbond substituents is 1. The number of nitrogens with one attached hydrogen (secondary N) is 2. The summed E-state index contributed by atoms with van der Waals surface area (Å²) in [5.74, 6) is 0.554. The number of alkyl carbamates (subject to hydrolysis) is 1. The van der Waals surface area contributed by atoms with Gasteiger partial charge in [0.25, 0.3) is 0 Å². The number of carbonyl (C=O) groups is 1. The van der Waals surface area contributed by atoms with E-state index >= 15 is 0 Å². The van der Waals surface area contributed by atoms with Crippen LogP contribution in [0.15, 0.2) is 18.2 Å². The average molecular weight is 324 g/mol. The lowest BCUT2D eigenvalue weighted by molar-refractivity contribution is 0.0522. The largest absolute Gasteiger partial charge is 0.504 e. The van der Waals surface area contributed by atoms with Crippen molar-refractivity contribution in [3.63, 3.8) is 0 Å². The number of aromatic hydroxyl groups is 1. The number of benzene rings is 1. The molecule has 3 N–H and O–H groups in total. The van der Waals surface area contributed by atoms with Gasteiger partial charge in [0.1, 0.15) is 5.60 Å². The van der Waals surface area contributed by atoms with E-state index in [9.17, 15) is 9.90 Å². The van der Waals surface area contributed by atoms with Crippen LogP contribution in [0.5, 0.6) is 11.5 Å². The molecule has 2 atom stereocenters. The minimum absolute atomic E-state index is 0.0416. The molecule has 1 amide bonds. The molecule has 6 nitrogen and oxygen atoms in total. The zero-order valence-corrected chi connectivity index (χ0v) is 14.8. The molecule has 130 valence electrons. The molecule has 6 heteroatoms. The number of hydrogen-bond acceptors (Lipinski definition) is 5. The van der Waals surface area contributed by atoms with Gasteiger partial charge in [-0.2, -0.15) is 0 Å². The highest BCUT2D eigenvalue weighted by atomic mass is 16.6. The zero-order valence-electron chi connectivity index (χ0n) is 14.8. The molecule has 23 heavy (non-hydrogen) atoms. The zero-order chi connectivity index (χ0) is 17.6. The van der Waals surface area contributed by atoms with Crippen LogP contribution in [-0.2, 0) is 4.74 Å². The molecular weight excluding hydrogens is 296 g/mol. The van der Waals surface area contributed by atoms with Gasteiger partial charge in [-0.15, -0.1) is 0 Å². The van der Waals surface area contributed by atoms with Crippen molar-refractivity contribution < 1.29 is 19.4 Å². The van der Waals surface area contributed by atoms with E-state index in [0.29, 0.717) is 12.3 Å². The van der Waals surface area contributed by atoms with Crippen molar-refractivity contribution in [3.8, 4) is 11.5 Å².